The molecule has 1 saturated heterocycles. The van der Waals surface area contributed by atoms with Crippen LogP contribution in [-0.4, -0.2) is 57.1 Å². The predicted octanol–water partition coefficient (Wildman–Crippen LogP) is 0.435. The smallest absolute Gasteiger partial charge is 0.223 e. The number of aromatic nitrogens is 1. The van der Waals surface area contributed by atoms with Gasteiger partial charge in [0.05, 0.1) is 6.26 Å². The third-order valence-electron chi connectivity index (χ3n) is 4.04. The molecule has 0 bridgehead atoms. The molecule has 0 radical (unpaired) electrons. The number of amides is 1. The molecule has 1 amide bonds. The van der Waals surface area contributed by atoms with Crippen molar-refractivity contribution in [3.63, 3.8) is 0 Å². The van der Waals surface area contributed by atoms with Crippen molar-refractivity contribution in [2.75, 3.05) is 38.3 Å². The Labute approximate surface area is 137 Å². The Morgan fingerprint density at radius 3 is 2.61 bits per heavy atom. The summed E-state index contributed by atoms with van der Waals surface area (Å²) in [5.41, 5.74) is 0.958. The normalized spacial score (nSPS) is 17.0. The van der Waals surface area contributed by atoms with Crippen LogP contribution < -0.4 is 10.2 Å². The SMILES string of the molecule is CN(C)c1ncccc1CNC(=O)C1CCN(S(C)(=O)=O)CC1. The summed E-state index contributed by atoms with van der Waals surface area (Å²) < 4.78 is 24.4. The lowest BCUT2D eigenvalue weighted by atomic mass is 9.97. The zero-order valence-electron chi connectivity index (χ0n) is 13.8. The molecule has 1 N–H and O–H groups in total. The molecule has 1 aliphatic rings. The average Bonchev–Trinajstić information content (AvgIpc) is 2.52. The standard InChI is InChI=1S/C15H24N4O3S/c1-18(2)14-13(5-4-8-16-14)11-17-15(20)12-6-9-19(10-7-12)23(3,21)22/h4-5,8,12H,6-7,9-11H2,1-3H3,(H,17,20). The van der Waals surface area contributed by atoms with E-state index in [4.69, 9.17) is 0 Å². The van der Waals surface area contributed by atoms with E-state index in [9.17, 15) is 13.2 Å². The minimum Gasteiger partial charge on any atom is -0.362 e. The Morgan fingerprint density at radius 1 is 1.39 bits per heavy atom. The summed E-state index contributed by atoms with van der Waals surface area (Å²) in [4.78, 5) is 18.5. The van der Waals surface area contributed by atoms with E-state index in [1.165, 1.54) is 10.6 Å². The van der Waals surface area contributed by atoms with Gasteiger partial charge in [-0.05, 0) is 18.9 Å². The number of piperidine rings is 1. The number of carbonyl (C=O) groups excluding carboxylic acids is 1. The van der Waals surface area contributed by atoms with Crippen LogP contribution in [0, 0.1) is 5.92 Å². The van der Waals surface area contributed by atoms with Crippen LogP contribution in [0.1, 0.15) is 18.4 Å². The second-order valence-electron chi connectivity index (χ2n) is 6.03. The van der Waals surface area contributed by atoms with E-state index in [-0.39, 0.29) is 11.8 Å². The van der Waals surface area contributed by atoms with E-state index in [0.29, 0.717) is 32.5 Å². The molecule has 8 heteroatoms. The first-order valence-corrected chi connectivity index (χ1v) is 9.48. The molecule has 2 heterocycles. The topological polar surface area (TPSA) is 82.6 Å². The number of nitrogens with zero attached hydrogens (tertiary/aromatic N) is 3. The van der Waals surface area contributed by atoms with Gasteiger partial charge in [-0.15, -0.1) is 0 Å². The van der Waals surface area contributed by atoms with Gasteiger partial charge < -0.3 is 10.2 Å². The number of anilines is 1. The molecular formula is C15H24N4O3S. The van der Waals surface area contributed by atoms with Crippen molar-refractivity contribution in [3.8, 4) is 0 Å². The highest BCUT2D eigenvalue weighted by Gasteiger charge is 2.28. The highest BCUT2D eigenvalue weighted by Crippen LogP contribution is 2.20. The second-order valence-corrected chi connectivity index (χ2v) is 8.02. The molecule has 2 rings (SSSR count). The maximum atomic E-state index is 12.3. The molecular weight excluding hydrogens is 316 g/mol. The Hall–Kier alpha value is -1.67. The third-order valence-corrected chi connectivity index (χ3v) is 5.34. The lowest BCUT2D eigenvalue weighted by Gasteiger charge is -2.29. The van der Waals surface area contributed by atoms with Gasteiger partial charge in [0, 0.05) is 51.4 Å². The number of carbonyl (C=O) groups is 1. The summed E-state index contributed by atoms with van der Waals surface area (Å²) in [6.45, 7) is 1.24. The second kappa shape index (κ2) is 7.27. The van der Waals surface area contributed by atoms with Crippen molar-refractivity contribution in [1.29, 1.82) is 0 Å². The first kappa shape index (κ1) is 17.7. The molecule has 1 aromatic rings. The van der Waals surface area contributed by atoms with Crippen molar-refractivity contribution in [2.24, 2.45) is 5.92 Å². The van der Waals surface area contributed by atoms with Gasteiger partial charge in [-0.25, -0.2) is 17.7 Å². The Kier molecular flexibility index (Phi) is 5.59. The molecule has 0 spiro atoms. The molecule has 0 aromatic carbocycles. The lowest BCUT2D eigenvalue weighted by Crippen LogP contribution is -2.42. The van der Waals surface area contributed by atoms with Crippen LogP contribution in [0.3, 0.4) is 0 Å². The maximum Gasteiger partial charge on any atom is 0.223 e. The fourth-order valence-electron chi connectivity index (χ4n) is 2.75. The van der Waals surface area contributed by atoms with E-state index in [0.717, 1.165) is 11.4 Å². The predicted molar refractivity (Wildman–Crippen MR) is 89.6 cm³/mol. The zero-order valence-corrected chi connectivity index (χ0v) is 14.6. The molecule has 1 aliphatic heterocycles. The zero-order chi connectivity index (χ0) is 17.0. The number of nitrogens with one attached hydrogen (secondary N) is 1. The number of hydrogen-bond acceptors (Lipinski definition) is 5. The first-order valence-electron chi connectivity index (χ1n) is 7.63. The molecule has 0 atom stereocenters. The third kappa shape index (κ3) is 4.65. The molecule has 23 heavy (non-hydrogen) atoms. The van der Waals surface area contributed by atoms with E-state index < -0.39 is 10.0 Å². The van der Waals surface area contributed by atoms with Crippen LogP contribution in [0.5, 0.6) is 0 Å². The molecule has 0 saturated carbocycles. The van der Waals surface area contributed by atoms with Gasteiger partial charge in [0.1, 0.15) is 5.82 Å². The van der Waals surface area contributed by atoms with E-state index in [1.54, 1.807) is 6.20 Å². The van der Waals surface area contributed by atoms with Crippen molar-refractivity contribution < 1.29 is 13.2 Å². The monoisotopic (exact) mass is 340 g/mol. The highest BCUT2D eigenvalue weighted by atomic mass is 32.2. The summed E-state index contributed by atoms with van der Waals surface area (Å²) in [5.74, 6) is 0.680. The molecule has 128 valence electrons. The summed E-state index contributed by atoms with van der Waals surface area (Å²) in [7, 11) is 0.665. The van der Waals surface area contributed by atoms with Crippen molar-refractivity contribution >= 4 is 21.7 Å². The molecule has 0 aliphatic carbocycles. The highest BCUT2D eigenvalue weighted by molar-refractivity contribution is 7.88. The van der Waals surface area contributed by atoms with Gasteiger partial charge in [-0.2, -0.15) is 0 Å². The van der Waals surface area contributed by atoms with Crippen LogP contribution >= 0.6 is 0 Å². The average molecular weight is 340 g/mol. The molecule has 1 aromatic heterocycles. The first-order chi connectivity index (χ1) is 10.8. The van der Waals surface area contributed by atoms with E-state index in [1.807, 2.05) is 31.1 Å². The van der Waals surface area contributed by atoms with Crippen LogP contribution in [0.2, 0.25) is 0 Å². The summed E-state index contributed by atoms with van der Waals surface area (Å²) >= 11 is 0. The van der Waals surface area contributed by atoms with Crippen LogP contribution in [0.25, 0.3) is 0 Å². The molecule has 0 unspecified atom stereocenters. The largest absolute Gasteiger partial charge is 0.362 e. The number of pyridine rings is 1. The van der Waals surface area contributed by atoms with Gasteiger partial charge in [0.25, 0.3) is 0 Å². The van der Waals surface area contributed by atoms with Crippen LogP contribution in [0.15, 0.2) is 18.3 Å². The van der Waals surface area contributed by atoms with Gasteiger partial charge in [-0.3, -0.25) is 4.79 Å². The minimum atomic E-state index is -3.16. The fraction of sp³-hybridized carbons (Fsp3) is 0.600. The number of sulfonamides is 1. The Morgan fingerprint density at radius 2 is 2.04 bits per heavy atom. The van der Waals surface area contributed by atoms with Gasteiger partial charge in [-0.1, -0.05) is 6.07 Å². The number of hydrogen-bond donors (Lipinski definition) is 1. The maximum absolute atomic E-state index is 12.3. The van der Waals surface area contributed by atoms with Gasteiger partial charge in [0.15, 0.2) is 0 Å². The van der Waals surface area contributed by atoms with Crippen LogP contribution in [0.4, 0.5) is 5.82 Å². The summed E-state index contributed by atoms with van der Waals surface area (Å²) in [6, 6.07) is 3.79. The summed E-state index contributed by atoms with van der Waals surface area (Å²) in [5, 5.41) is 2.94. The fourth-order valence-corrected chi connectivity index (χ4v) is 3.62. The molecule has 7 nitrogen and oxygen atoms in total. The van der Waals surface area contributed by atoms with Gasteiger partial charge in [0.2, 0.25) is 15.9 Å². The quantitative estimate of drug-likeness (QED) is 0.841. The van der Waals surface area contributed by atoms with E-state index >= 15 is 0 Å². The number of rotatable bonds is 5. The minimum absolute atomic E-state index is 0.0216. The van der Waals surface area contributed by atoms with Crippen molar-refractivity contribution in [1.82, 2.24) is 14.6 Å². The van der Waals surface area contributed by atoms with Crippen molar-refractivity contribution in [2.45, 2.75) is 19.4 Å². The van der Waals surface area contributed by atoms with Crippen molar-refractivity contribution in [3.05, 3.63) is 23.9 Å². The van der Waals surface area contributed by atoms with E-state index in [2.05, 4.69) is 10.3 Å². The van der Waals surface area contributed by atoms with Gasteiger partial charge >= 0.3 is 0 Å². The summed E-state index contributed by atoms with van der Waals surface area (Å²) in [6.07, 6.45) is 4.05. The Balaban J connectivity index is 1.89. The Bertz CT molecular complexity index is 652. The van der Waals surface area contributed by atoms with Crippen LogP contribution in [-0.2, 0) is 21.4 Å². The lowest BCUT2D eigenvalue weighted by molar-refractivity contribution is -0.126. The molecule has 1 fully saturated rings.